The van der Waals surface area contributed by atoms with Gasteiger partial charge in [-0.15, -0.1) is 0 Å². The van der Waals surface area contributed by atoms with E-state index in [9.17, 15) is 24.5 Å². The highest BCUT2D eigenvalue weighted by atomic mass is 16.6. The Bertz CT molecular complexity index is 1560. The Labute approximate surface area is 223 Å². The van der Waals surface area contributed by atoms with Gasteiger partial charge in [0.1, 0.15) is 5.70 Å². The Hall–Kier alpha value is -5.70. The summed E-state index contributed by atoms with van der Waals surface area (Å²) in [6.07, 6.45) is 7.60. The van der Waals surface area contributed by atoms with Crippen LogP contribution in [0.25, 0.3) is 12.2 Å². The summed E-state index contributed by atoms with van der Waals surface area (Å²) in [7, 11) is 0. The number of carbonyl (C=O) groups is 3. The van der Waals surface area contributed by atoms with Gasteiger partial charge in [-0.3, -0.25) is 29.5 Å². The molecule has 9 nitrogen and oxygen atoms in total. The molecule has 9 heteroatoms. The molecule has 3 aromatic carbocycles. The lowest BCUT2D eigenvalue weighted by Crippen LogP contribution is -2.30. The second-order valence-electron chi connectivity index (χ2n) is 8.21. The Morgan fingerprint density at radius 2 is 1.54 bits per heavy atom. The van der Waals surface area contributed by atoms with Crippen molar-refractivity contribution in [3.8, 4) is 0 Å². The summed E-state index contributed by atoms with van der Waals surface area (Å²) in [6.45, 7) is 0. The lowest BCUT2D eigenvalue weighted by molar-refractivity contribution is -0.385. The van der Waals surface area contributed by atoms with Crippen molar-refractivity contribution in [1.29, 1.82) is 0 Å². The molecule has 192 valence electrons. The standard InChI is InChI=1S/C30H22N4O5/c35-28(17-12-21-7-6-18-31-20-21)22-13-15-25(16-14-22)32-30(37)26(33-29(36)23-8-2-1-3-9-23)19-24-10-4-5-11-27(24)34(38)39/h1-20H,(H,32,37)(H,33,36)/b17-12+,26-19-. The van der Waals surface area contributed by atoms with Crippen LogP contribution >= 0.6 is 0 Å². The Kier molecular flexibility index (Phi) is 8.46. The number of pyridine rings is 1. The molecule has 1 aromatic heterocycles. The second kappa shape index (κ2) is 12.5. The molecule has 0 fully saturated rings. The smallest absolute Gasteiger partial charge is 0.276 e. The van der Waals surface area contributed by atoms with Gasteiger partial charge in [-0.1, -0.05) is 36.4 Å². The van der Waals surface area contributed by atoms with E-state index < -0.39 is 16.7 Å². The number of nitrogens with zero attached hydrogens (tertiary/aromatic N) is 2. The number of ketones is 1. The van der Waals surface area contributed by atoms with Gasteiger partial charge in [-0.25, -0.2) is 0 Å². The predicted molar refractivity (Wildman–Crippen MR) is 148 cm³/mol. The number of carbonyl (C=O) groups excluding carboxylic acids is 3. The van der Waals surface area contributed by atoms with Gasteiger partial charge in [0.2, 0.25) is 0 Å². The average Bonchev–Trinajstić information content (AvgIpc) is 2.97. The first-order valence-electron chi connectivity index (χ1n) is 11.8. The summed E-state index contributed by atoms with van der Waals surface area (Å²) < 4.78 is 0. The number of para-hydroxylation sites is 1. The van der Waals surface area contributed by atoms with E-state index in [1.807, 2.05) is 6.07 Å². The number of rotatable bonds is 9. The SMILES string of the molecule is O=C(Nc1ccc(C(=O)/C=C/c2cccnc2)cc1)/C(=C/c1ccccc1[N+](=O)[O-])NC(=O)c1ccccc1. The first kappa shape index (κ1) is 26.4. The molecule has 2 amide bonds. The van der Waals surface area contributed by atoms with E-state index in [-0.39, 0.29) is 22.7 Å². The maximum Gasteiger partial charge on any atom is 0.276 e. The molecule has 1 heterocycles. The number of aromatic nitrogens is 1. The molecule has 0 saturated carbocycles. The number of nitrogens with one attached hydrogen (secondary N) is 2. The number of nitro groups is 1. The maximum atomic E-state index is 13.2. The van der Waals surface area contributed by atoms with Crippen LogP contribution in [0.4, 0.5) is 11.4 Å². The molecular weight excluding hydrogens is 496 g/mol. The zero-order valence-electron chi connectivity index (χ0n) is 20.5. The summed E-state index contributed by atoms with van der Waals surface area (Å²) in [5.74, 6) is -1.49. The third kappa shape index (κ3) is 7.17. The quantitative estimate of drug-likeness (QED) is 0.134. The van der Waals surface area contributed by atoms with Gasteiger partial charge in [-0.05, 0) is 72.3 Å². The molecule has 39 heavy (non-hydrogen) atoms. The molecule has 0 aliphatic rings. The fraction of sp³-hybridized carbons (Fsp3) is 0. The van der Waals surface area contributed by atoms with Gasteiger partial charge >= 0.3 is 0 Å². The minimum Gasteiger partial charge on any atom is -0.321 e. The molecule has 0 unspecified atom stereocenters. The molecule has 0 atom stereocenters. The van der Waals surface area contributed by atoms with Gasteiger partial charge in [0.05, 0.1) is 10.5 Å². The van der Waals surface area contributed by atoms with Crippen LogP contribution in [-0.2, 0) is 4.79 Å². The monoisotopic (exact) mass is 518 g/mol. The molecule has 0 radical (unpaired) electrons. The van der Waals surface area contributed by atoms with Crippen LogP contribution in [0.2, 0.25) is 0 Å². The molecule has 0 aliphatic carbocycles. The van der Waals surface area contributed by atoms with Crippen molar-refractivity contribution in [3.05, 3.63) is 148 Å². The molecule has 0 spiro atoms. The summed E-state index contributed by atoms with van der Waals surface area (Å²) in [4.78, 5) is 53.4. The third-order valence-electron chi connectivity index (χ3n) is 5.50. The van der Waals surface area contributed by atoms with Crippen LogP contribution in [0.15, 0.2) is 115 Å². The fourth-order valence-corrected chi connectivity index (χ4v) is 3.53. The molecule has 4 rings (SSSR count). The number of anilines is 1. The van der Waals surface area contributed by atoms with Crippen molar-refractivity contribution in [2.24, 2.45) is 0 Å². The van der Waals surface area contributed by atoms with Gasteiger partial charge in [0.15, 0.2) is 5.78 Å². The van der Waals surface area contributed by atoms with Crippen LogP contribution in [0.3, 0.4) is 0 Å². The molecule has 0 aliphatic heterocycles. The lowest BCUT2D eigenvalue weighted by Gasteiger charge is -2.12. The van der Waals surface area contributed by atoms with E-state index in [0.29, 0.717) is 16.8 Å². The van der Waals surface area contributed by atoms with Crippen molar-refractivity contribution >= 4 is 41.1 Å². The van der Waals surface area contributed by atoms with Crippen LogP contribution in [0, 0.1) is 10.1 Å². The van der Waals surface area contributed by atoms with Gasteiger partial charge in [0.25, 0.3) is 17.5 Å². The minimum atomic E-state index is -0.701. The predicted octanol–water partition coefficient (Wildman–Crippen LogP) is 5.30. The summed E-state index contributed by atoms with van der Waals surface area (Å²) >= 11 is 0. The van der Waals surface area contributed by atoms with Gasteiger partial charge in [-0.2, -0.15) is 0 Å². The van der Waals surface area contributed by atoms with E-state index in [1.165, 1.54) is 30.4 Å². The Morgan fingerprint density at radius 3 is 2.23 bits per heavy atom. The molecular formula is C30H22N4O5. The highest BCUT2D eigenvalue weighted by Crippen LogP contribution is 2.21. The lowest BCUT2D eigenvalue weighted by atomic mass is 10.1. The van der Waals surface area contributed by atoms with E-state index in [0.717, 1.165) is 5.56 Å². The van der Waals surface area contributed by atoms with Gasteiger partial charge in [0, 0.05) is 35.3 Å². The Morgan fingerprint density at radius 1 is 0.821 bits per heavy atom. The van der Waals surface area contributed by atoms with Crippen molar-refractivity contribution in [3.63, 3.8) is 0 Å². The minimum absolute atomic E-state index is 0.141. The van der Waals surface area contributed by atoms with Crippen LogP contribution in [0.5, 0.6) is 0 Å². The molecule has 4 aromatic rings. The zero-order chi connectivity index (χ0) is 27.6. The number of allylic oxidation sites excluding steroid dienone is 1. The topological polar surface area (TPSA) is 131 Å². The third-order valence-corrected chi connectivity index (χ3v) is 5.50. The van der Waals surface area contributed by atoms with E-state index in [4.69, 9.17) is 0 Å². The van der Waals surface area contributed by atoms with Crippen molar-refractivity contribution < 1.29 is 19.3 Å². The van der Waals surface area contributed by atoms with Crippen molar-refractivity contribution in [2.45, 2.75) is 0 Å². The molecule has 0 saturated heterocycles. The van der Waals surface area contributed by atoms with Crippen LogP contribution < -0.4 is 10.6 Å². The largest absolute Gasteiger partial charge is 0.321 e. The summed E-state index contributed by atoms with van der Waals surface area (Å²) in [5, 5.41) is 16.7. The van der Waals surface area contributed by atoms with E-state index in [2.05, 4.69) is 15.6 Å². The molecule has 2 N–H and O–H groups in total. The maximum absolute atomic E-state index is 13.2. The number of benzene rings is 3. The number of hydrogen-bond acceptors (Lipinski definition) is 6. The van der Waals surface area contributed by atoms with E-state index in [1.54, 1.807) is 85.2 Å². The average molecular weight is 519 g/mol. The first-order valence-corrected chi connectivity index (χ1v) is 11.8. The van der Waals surface area contributed by atoms with Crippen LogP contribution in [-0.4, -0.2) is 27.5 Å². The number of hydrogen-bond donors (Lipinski definition) is 2. The number of amides is 2. The molecule has 0 bridgehead atoms. The van der Waals surface area contributed by atoms with Gasteiger partial charge < -0.3 is 10.6 Å². The normalized spacial score (nSPS) is 11.1. The second-order valence-corrected chi connectivity index (χ2v) is 8.21. The number of nitro benzene ring substituents is 1. The first-order chi connectivity index (χ1) is 18.9. The Balaban J connectivity index is 1.55. The summed E-state index contributed by atoms with van der Waals surface area (Å²) in [5.41, 5.74) is 1.57. The fourth-order valence-electron chi connectivity index (χ4n) is 3.53. The summed E-state index contributed by atoms with van der Waals surface area (Å²) in [6, 6.07) is 23.9. The van der Waals surface area contributed by atoms with Crippen molar-refractivity contribution in [1.82, 2.24) is 10.3 Å². The van der Waals surface area contributed by atoms with E-state index >= 15 is 0 Å². The zero-order valence-corrected chi connectivity index (χ0v) is 20.5. The van der Waals surface area contributed by atoms with Crippen molar-refractivity contribution in [2.75, 3.05) is 5.32 Å². The highest BCUT2D eigenvalue weighted by Gasteiger charge is 2.18. The highest BCUT2D eigenvalue weighted by molar-refractivity contribution is 6.11. The van der Waals surface area contributed by atoms with Crippen LogP contribution in [0.1, 0.15) is 31.8 Å².